The lowest BCUT2D eigenvalue weighted by Crippen LogP contribution is -2.20. The van der Waals surface area contributed by atoms with Gasteiger partial charge in [-0.15, -0.1) is 22.7 Å². The molecule has 1 aliphatic heterocycles. The molecule has 0 bridgehead atoms. The number of aryl methyl sites for hydroxylation is 3. The van der Waals surface area contributed by atoms with Gasteiger partial charge in [0.25, 0.3) is 5.56 Å². The third-order valence-electron chi connectivity index (χ3n) is 5.59. The third kappa shape index (κ3) is 3.68. The Bertz CT molecular complexity index is 1300. The van der Waals surface area contributed by atoms with Crippen LogP contribution in [-0.4, -0.2) is 37.3 Å². The number of fused-ring (bicyclic) bond motifs is 2. The van der Waals surface area contributed by atoms with Gasteiger partial charge in [-0.2, -0.15) is 0 Å². The maximum Gasteiger partial charge on any atom is 0.258 e. The van der Waals surface area contributed by atoms with Crippen LogP contribution in [0.5, 0.6) is 0 Å². The largest absolute Gasteiger partial charge is 0.296 e. The van der Waals surface area contributed by atoms with Crippen LogP contribution in [0.4, 0.5) is 0 Å². The molecule has 1 aliphatic rings. The molecule has 1 fully saturated rings. The Morgan fingerprint density at radius 2 is 1.93 bits per heavy atom. The highest BCUT2D eigenvalue weighted by molar-refractivity contribution is 7.98. The quantitative estimate of drug-likeness (QED) is 0.323. The Kier molecular flexibility index (Phi) is 5.38. The van der Waals surface area contributed by atoms with Crippen LogP contribution in [0.25, 0.3) is 15.2 Å². The zero-order valence-electron chi connectivity index (χ0n) is 17.3. The molecule has 0 atom stereocenters. The van der Waals surface area contributed by atoms with Crippen LogP contribution in [-0.2, 0) is 12.3 Å². The predicted octanol–water partition coefficient (Wildman–Crippen LogP) is 4.57. The average Bonchev–Trinajstić information content (AvgIpc) is 3.41. The Morgan fingerprint density at radius 1 is 1.13 bits per heavy atom. The molecule has 0 N–H and O–H groups in total. The van der Waals surface area contributed by atoms with Gasteiger partial charge in [-0.1, -0.05) is 11.8 Å². The lowest BCUT2D eigenvalue weighted by Gasteiger charge is -2.14. The predicted molar refractivity (Wildman–Crippen MR) is 125 cm³/mol. The lowest BCUT2D eigenvalue weighted by atomic mass is 10.2. The summed E-state index contributed by atoms with van der Waals surface area (Å²) in [5.41, 5.74) is 2.96. The van der Waals surface area contributed by atoms with Gasteiger partial charge in [-0.05, 0) is 52.3 Å². The highest BCUT2D eigenvalue weighted by Crippen LogP contribution is 2.36. The van der Waals surface area contributed by atoms with E-state index in [1.807, 2.05) is 12.3 Å². The summed E-state index contributed by atoms with van der Waals surface area (Å²) in [6.45, 7) is 9.28. The minimum atomic E-state index is -0.0144. The second kappa shape index (κ2) is 8.03. The highest BCUT2D eigenvalue weighted by atomic mass is 32.2. The van der Waals surface area contributed by atoms with Crippen molar-refractivity contribution in [3.05, 3.63) is 49.5 Å². The van der Waals surface area contributed by atoms with E-state index in [1.165, 1.54) is 34.6 Å². The number of aromatic nitrogens is 4. The summed E-state index contributed by atoms with van der Waals surface area (Å²) in [4.78, 5) is 32.6. The number of hydrogen-bond donors (Lipinski definition) is 0. The van der Waals surface area contributed by atoms with Gasteiger partial charge in [0.05, 0.1) is 12.2 Å². The van der Waals surface area contributed by atoms with Crippen LogP contribution in [0.3, 0.4) is 0 Å². The summed E-state index contributed by atoms with van der Waals surface area (Å²) in [5, 5.41) is 4.12. The summed E-state index contributed by atoms with van der Waals surface area (Å²) in [5.74, 6) is 1.51. The van der Waals surface area contributed by atoms with E-state index in [0.29, 0.717) is 5.75 Å². The first-order valence-corrected chi connectivity index (χ1v) is 12.8. The minimum absolute atomic E-state index is 0.0144. The molecule has 0 aromatic carbocycles. The maximum atomic E-state index is 12.5. The third-order valence-corrected chi connectivity index (χ3v) is 8.64. The SMILES string of the molecule is Cc1sc2nc(CN3CCCC3)nc(SCc3cc(=O)n4c(C)csc4n3)c2c1C. The Morgan fingerprint density at radius 3 is 2.73 bits per heavy atom. The number of thiophene rings is 1. The van der Waals surface area contributed by atoms with Gasteiger partial charge in [0, 0.05) is 33.2 Å². The normalized spacial score (nSPS) is 15.0. The molecule has 1 saturated heterocycles. The van der Waals surface area contributed by atoms with Crippen molar-refractivity contribution >= 4 is 49.6 Å². The van der Waals surface area contributed by atoms with Crippen molar-refractivity contribution in [2.24, 2.45) is 0 Å². The molecular formula is C21H23N5OS3. The van der Waals surface area contributed by atoms with Crippen molar-refractivity contribution < 1.29 is 0 Å². The number of likely N-dealkylation sites (tertiary alicyclic amines) is 1. The molecule has 0 spiro atoms. The van der Waals surface area contributed by atoms with Gasteiger partial charge in [0.2, 0.25) is 0 Å². The summed E-state index contributed by atoms with van der Waals surface area (Å²) in [7, 11) is 0. The van der Waals surface area contributed by atoms with Gasteiger partial charge in [-0.25, -0.2) is 15.0 Å². The first-order valence-electron chi connectivity index (χ1n) is 10.1. The first-order chi connectivity index (χ1) is 14.5. The fourth-order valence-electron chi connectivity index (χ4n) is 3.89. The van der Waals surface area contributed by atoms with Crippen molar-refractivity contribution in [1.29, 1.82) is 0 Å². The summed E-state index contributed by atoms with van der Waals surface area (Å²) in [6.07, 6.45) is 2.51. The zero-order valence-corrected chi connectivity index (χ0v) is 19.7. The molecule has 0 saturated carbocycles. The van der Waals surface area contributed by atoms with E-state index in [2.05, 4.69) is 18.7 Å². The van der Waals surface area contributed by atoms with E-state index in [1.54, 1.807) is 33.6 Å². The van der Waals surface area contributed by atoms with Gasteiger partial charge in [0.1, 0.15) is 15.7 Å². The Hall–Kier alpha value is -1.81. The molecule has 5 rings (SSSR count). The van der Waals surface area contributed by atoms with Crippen molar-refractivity contribution in [1.82, 2.24) is 24.3 Å². The number of thioether (sulfide) groups is 1. The summed E-state index contributed by atoms with van der Waals surface area (Å²) >= 11 is 4.91. The molecule has 0 aliphatic carbocycles. The van der Waals surface area contributed by atoms with E-state index < -0.39 is 0 Å². The fourth-order valence-corrected chi connectivity index (χ4v) is 6.89. The van der Waals surface area contributed by atoms with Gasteiger partial charge in [-0.3, -0.25) is 14.1 Å². The molecule has 4 aromatic rings. The molecule has 4 aromatic heterocycles. The molecule has 9 heteroatoms. The van der Waals surface area contributed by atoms with E-state index in [0.717, 1.165) is 57.0 Å². The molecule has 30 heavy (non-hydrogen) atoms. The number of hydrogen-bond acceptors (Lipinski definition) is 8. The van der Waals surface area contributed by atoms with Crippen molar-refractivity contribution in [2.45, 2.75) is 50.9 Å². The summed E-state index contributed by atoms with van der Waals surface area (Å²) < 4.78 is 1.67. The monoisotopic (exact) mass is 457 g/mol. The number of nitrogens with zero attached hydrogens (tertiary/aromatic N) is 5. The first kappa shape index (κ1) is 20.1. The fraction of sp³-hybridized carbons (Fsp3) is 0.429. The Balaban J connectivity index is 1.48. The van der Waals surface area contributed by atoms with Crippen molar-refractivity contribution in [3.63, 3.8) is 0 Å². The van der Waals surface area contributed by atoms with Crippen LogP contribution in [0.15, 0.2) is 21.3 Å². The molecule has 156 valence electrons. The van der Waals surface area contributed by atoms with Crippen LogP contribution in [0, 0.1) is 20.8 Å². The van der Waals surface area contributed by atoms with E-state index in [9.17, 15) is 4.79 Å². The second-order valence-electron chi connectivity index (χ2n) is 7.76. The minimum Gasteiger partial charge on any atom is -0.296 e. The second-order valence-corrected chi connectivity index (χ2v) is 10.8. The average molecular weight is 458 g/mol. The summed E-state index contributed by atoms with van der Waals surface area (Å²) in [6, 6.07) is 1.65. The van der Waals surface area contributed by atoms with Crippen molar-refractivity contribution in [3.8, 4) is 0 Å². The number of thiazole rings is 1. The molecule has 6 nitrogen and oxygen atoms in total. The number of rotatable bonds is 5. The van der Waals surface area contributed by atoms with Crippen LogP contribution in [0.2, 0.25) is 0 Å². The highest BCUT2D eigenvalue weighted by Gasteiger charge is 2.19. The molecule has 0 radical (unpaired) electrons. The smallest absolute Gasteiger partial charge is 0.258 e. The molecular weight excluding hydrogens is 434 g/mol. The van der Waals surface area contributed by atoms with Gasteiger partial charge >= 0.3 is 0 Å². The van der Waals surface area contributed by atoms with Gasteiger partial charge in [0.15, 0.2) is 4.96 Å². The molecule has 5 heterocycles. The van der Waals surface area contributed by atoms with Crippen LogP contribution in [0.1, 0.15) is 40.5 Å². The molecule has 0 amide bonds. The van der Waals surface area contributed by atoms with Crippen LogP contribution >= 0.6 is 34.4 Å². The van der Waals surface area contributed by atoms with E-state index >= 15 is 0 Å². The van der Waals surface area contributed by atoms with E-state index in [-0.39, 0.29) is 5.56 Å². The lowest BCUT2D eigenvalue weighted by molar-refractivity contribution is 0.322. The standard InChI is InChI=1S/C21H23N5OS3/c1-12-10-29-21-22-15(8-17(27)26(12)21)11-28-19-18-13(2)14(3)30-20(18)24-16(23-19)9-25-6-4-5-7-25/h8,10H,4-7,9,11H2,1-3H3. The van der Waals surface area contributed by atoms with Crippen LogP contribution < -0.4 is 5.56 Å². The Labute approximate surface area is 187 Å². The van der Waals surface area contributed by atoms with Crippen molar-refractivity contribution in [2.75, 3.05) is 13.1 Å². The molecule has 0 unspecified atom stereocenters. The zero-order chi connectivity index (χ0) is 20.8. The topological polar surface area (TPSA) is 63.4 Å². The maximum absolute atomic E-state index is 12.5. The van der Waals surface area contributed by atoms with Gasteiger partial charge < -0.3 is 0 Å². The van der Waals surface area contributed by atoms with E-state index in [4.69, 9.17) is 15.0 Å².